The number of pyridine rings is 1. The molecule has 1 fully saturated rings. The molecule has 0 unspecified atom stereocenters. The first kappa shape index (κ1) is 20.3. The first-order chi connectivity index (χ1) is 14.6. The molecular weight excluding hydrogens is 416 g/mol. The Morgan fingerprint density at radius 1 is 1.13 bits per heavy atom. The Labute approximate surface area is 183 Å². The summed E-state index contributed by atoms with van der Waals surface area (Å²) >= 11 is 6.50. The highest BCUT2D eigenvalue weighted by atomic mass is 32.2. The van der Waals surface area contributed by atoms with Crippen LogP contribution in [0, 0.1) is 0 Å². The standard InChI is InChI=1S/C22H20N4O2S2/c1-2-25-21(28)17(30-22(25)29)14-16-19(23-12-11-15-8-4-3-5-9-15)24-18-10-6-7-13-26(18)20(16)27/h3-10,13-14,23H,2,11-12H2,1H3/b17-14+. The normalized spacial score (nSPS) is 15.4. The number of anilines is 1. The lowest BCUT2D eigenvalue weighted by atomic mass is 10.1. The highest BCUT2D eigenvalue weighted by Gasteiger charge is 2.31. The minimum Gasteiger partial charge on any atom is -0.369 e. The van der Waals surface area contributed by atoms with Crippen LogP contribution in [0.1, 0.15) is 18.1 Å². The molecule has 0 bridgehead atoms. The predicted molar refractivity (Wildman–Crippen MR) is 126 cm³/mol. The smallest absolute Gasteiger partial charge is 0.267 e. The second-order valence-corrected chi connectivity index (χ2v) is 8.37. The van der Waals surface area contributed by atoms with Crippen molar-refractivity contribution in [1.29, 1.82) is 0 Å². The molecule has 0 atom stereocenters. The molecule has 8 heteroatoms. The molecule has 2 aromatic heterocycles. The van der Waals surface area contributed by atoms with Crippen molar-refractivity contribution in [3.8, 4) is 0 Å². The van der Waals surface area contributed by atoms with E-state index in [1.807, 2.05) is 31.2 Å². The number of hydrogen-bond acceptors (Lipinski definition) is 6. The fraction of sp³-hybridized carbons (Fsp3) is 0.182. The summed E-state index contributed by atoms with van der Waals surface area (Å²) in [5.74, 6) is 0.282. The van der Waals surface area contributed by atoms with Crippen LogP contribution in [0.3, 0.4) is 0 Å². The van der Waals surface area contributed by atoms with Gasteiger partial charge in [0.25, 0.3) is 11.5 Å². The number of carbonyl (C=O) groups is 1. The molecule has 0 spiro atoms. The molecule has 1 aliphatic heterocycles. The Balaban J connectivity index is 1.71. The third-order valence-electron chi connectivity index (χ3n) is 4.78. The summed E-state index contributed by atoms with van der Waals surface area (Å²) in [6, 6.07) is 15.5. The van der Waals surface area contributed by atoms with E-state index in [0.29, 0.717) is 39.3 Å². The van der Waals surface area contributed by atoms with Crippen LogP contribution in [0.25, 0.3) is 11.7 Å². The minimum absolute atomic E-state index is 0.180. The fourth-order valence-electron chi connectivity index (χ4n) is 3.24. The van der Waals surface area contributed by atoms with Crippen molar-refractivity contribution < 1.29 is 4.79 Å². The predicted octanol–water partition coefficient (Wildman–Crippen LogP) is 3.57. The number of nitrogens with zero attached hydrogens (tertiary/aromatic N) is 3. The van der Waals surface area contributed by atoms with Gasteiger partial charge >= 0.3 is 0 Å². The third kappa shape index (κ3) is 4.01. The quantitative estimate of drug-likeness (QED) is 0.471. The number of aromatic nitrogens is 2. The zero-order valence-corrected chi connectivity index (χ0v) is 18.0. The van der Waals surface area contributed by atoms with Gasteiger partial charge in [0.1, 0.15) is 15.8 Å². The molecule has 1 aromatic carbocycles. The molecule has 4 rings (SSSR count). The first-order valence-electron chi connectivity index (χ1n) is 9.63. The number of benzene rings is 1. The number of carbonyl (C=O) groups excluding carboxylic acids is 1. The van der Waals surface area contributed by atoms with Crippen LogP contribution in [0.2, 0.25) is 0 Å². The highest BCUT2D eigenvalue weighted by Crippen LogP contribution is 2.32. The van der Waals surface area contributed by atoms with E-state index in [4.69, 9.17) is 12.2 Å². The number of amides is 1. The van der Waals surface area contributed by atoms with E-state index in [1.165, 1.54) is 26.6 Å². The molecule has 1 saturated heterocycles. The molecule has 1 N–H and O–H groups in total. The Bertz CT molecular complexity index is 1200. The van der Waals surface area contributed by atoms with Crippen molar-refractivity contribution in [2.24, 2.45) is 0 Å². The van der Waals surface area contributed by atoms with E-state index < -0.39 is 0 Å². The Morgan fingerprint density at radius 3 is 2.63 bits per heavy atom. The average molecular weight is 437 g/mol. The maximum absolute atomic E-state index is 13.2. The highest BCUT2D eigenvalue weighted by molar-refractivity contribution is 8.26. The average Bonchev–Trinajstić information content (AvgIpc) is 3.03. The maximum atomic E-state index is 13.2. The van der Waals surface area contributed by atoms with E-state index >= 15 is 0 Å². The molecule has 0 saturated carbocycles. The summed E-state index contributed by atoms with van der Waals surface area (Å²) in [6.45, 7) is 2.98. The van der Waals surface area contributed by atoms with Gasteiger partial charge in [0.2, 0.25) is 0 Å². The monoisotopic (exact) mass is 436 g/mol. The number of thiocarbonyl (C=S) groups is 1. The lowest BCUT2D eigenvalue weighted by Crippen LogP contribution is -2.27. The van der Waals surface area contributed by atoms with Gasteiger partial charge in [-0.1, -0.05) is 60.4 Å². The summed E-state index contributed by atoms with van der Waals surface area (Å²) in [4.78, 5) is 32.4. The van der Waals surface area contributed by atoms with Gasteiger partial charge in [0, 0.05) is 19.3 Å². The van der Waals surface area contributed by atoms with Gasteiger partial charge in [-0.2, -0.15) is 0 Å². The molecule has 1 amide bonds. The number of rotatable bonds is 6. The van der Waals surface area contributed by atoms with Gasteiger partial charge in [0.05, 0.1) is 10.5 Å². The van der Waals surface area contributed by atoms with E-state index in [9.17, 15) is 9.59 Å². The fourth-order valence-corrected chi connectivity index (χ4v) is 4.61. The number of fused-ring (bicyclic) bond motifs is 1. The van der Waals surface area contributed by atoms with E-state index in [2.05, 4.69) is 22.4 Å². The molecule has 6 nitrogen and oxygen atoms in total. The van der Waals surface area contributed by atoms with Gasteiger partial charge < -0.3 is 5.32 Å². The van der Waals surface area contributed by atoms with Crippen LogP contribution in [0.15, 0.2) is 64.4 Å². The van der Waals surface area contributed by atoms with Crippen molar-refractivity contribution in [2.45, 2.75) is 13.3 Å². The van der Waals surface area contributed by atoms with Crippen LogP contribution in [-0.2, 0) is 11.2 Å². The van der Waals surface area contributed by atoms with Crippen molar-refractivity contribution in [2.75, 3.05) is 18.4 Å². The van der Waals surface area contributed by atoms with Crippen molar-refractivity contribution in [3.05, 3.63) is 81.1 Å². The van der Waals surface area contributed by atoms with Gasteiger partial charge in [-0.05, 0) is 37.1 Å². The summed E-state index contributed by atoms with van der Waals surface area (Å²) < 4.78 is 1.98. The second-order valence-electron chi connectivity index (χ2n) is 6.70. The third-order valence-corrected chi connectivity index (χ3v) is 6.16. The molecule has 1 aliphatic rings. The van der Waals surface area contributed by atoms with E-state index in [0.717, 1.165) is 6.42 Å². The number of likely N-dealkylation sites (N-methyl/N-ethyl adjacent to an activating group) is 1. The van der Waals surface area contributed by atoms with Crippen LogP contribution in [-0.4, -0.2) is 37.6 Å². The van der Waals surface area contributed by atoms with Gasteiger partial charge in [-0.3, -0.25) is 18.9 Å². The van der Waals surface area contributed by atoms with E-state index in [-0.39, 0.29) is 11.5 Å². The molecule has 152 valence electrons. The first-order valence-corrected chi connectivity index (χ1v) is 10.9. The molecular formula is C22H20N4O2S2. The summed E-state index contributed by atoms with van der Waals surface area (Å²) in [6.07, 6.45) is 4.07. The molecule has 0 radical (unpaired) electrons. The minimum atomic E-state index is -0.232. The van der Waals surface area contributed by atoms with Crippen molar-refractivity contribution in [1.82, 2.24) is 14.3 Å². The van der Waals surface area contributed by atoms with Gasteiger partial charge in [-0.25, -0.2) is 4.98 Å². The van der Waals surface area contributed by atoms with Gasteiger partial charge in [-0.15, -0.1) is 0 Å². The zero-order chi connectivity index (χ0) is 21.1. The van der Waals surface area contributed by atoms with Crippen LogP contribution in [0.5, 0.6) is 0 Å². The summed E-state index contributed by atoms with van der Waals surface area (Å²) in [7, 11) is 0. The van der Waals surface area contributed by atoms with Crippen LogP contribution in [0.4, 0.5) is 5.82 Å². The lowest BCUT2D eigenvalue weighted by Gasteiger charge is -2.11. The number of thioether (sulfide) groups is 1. The molecule has 0 aliphatic carbocycles. The topological polar surface area (TPSA) is 66.7 Å². The van der Waals surface area contributed by atoms with Crippen molar-refractivity contribution >= 4 is 51.7 Å². The largest absolute Gasteiger partial charge is 0.369 e. The zero-order valence-electron chi connectivity index (χ0n) is 16.4. The van der Waals surface area contributed by atoms with E-state index in [1.54, 1.807) is 24.4 Å². The summed E-state index contributed by atoms with van der Waals surface area (Å²) in [5.41, 5.74) is 1.85. The number of nitrogens with one attached hydrogen (secondary N) is 1. The van der Waals surface area contributed by atoms with Crippen LogP contribution >= 0.6 is 24.0 Å². The van der Waals surface area contributed by atoms with Gasteiger partial charge in [0.15, 0.2) is 0 Å². The maximum Gasteiger partial charge on any atom is 0.267 e. The lowest BCUT2D eigenvalue weighted by molar-refractivity contribution is -0.121. The Morgan fingerprint density at radius 2 is 1.90 bits per heavy atom. The Kier molecular flexibility index (Phi) is 5.96. The second kappa shape index (κ2) is 8.81. The van der Waals surface area contributed by atoms with Crippen LogP contribution < -0.4 is 10.9 Å². The molecule has 3 heterocycles. The number of hydrogen-bond donors (Lipinski definition) is 1. The molecule has 3 aromatic rings. The SMILES string of the molecule is CCN1C(=O)/C(=C\c2c(NCCc3ccccc3)nc3ccccn3c2=O)SC1=S. The van der Waals surface area contributed by atoms with Crippen molar-refractivity contribution in [3.63, 3.8) is 0 Å². The molecule has 30 heavy (non-hydrogen) atoms. The Hall–Kier alpha value is -2.97. The summed E-state index contributed by atoms with van der Waals surface area (Å²) in [5, 5.41) is 3.28.